The highest BCUT2D eigenvalue weighted by molar-refractivity contribution is 6.31. The molecular formula is C12H14ClFN2O3. The summed E-state index contributed by atoms with van der Waals surface area (Å²) in [5.74, 6) is -0.387. The molecule has 0 aromatic heterocycles. The maximum Gasteiger partial charge on any atom is 0.295 e. The number of hydrogen-bond donors (Lipinski definition) is 1. The van der Waals surface area contributed by atoms with Crippen LogP contribution in [0.4, 0.5) is 15.8 Å². The Labute approximate surface area is 114 Å². The first-order valence-corrected chi connectivity index (χ1v) is 6.41. The molecule has 1 N–H and O–H groups in total. The molecule has 0 saturated carbocycles. The number of halogens is 2. The number of nitrogens with one attached hydrogen (secondary N) is 1. The van der Waals surface area contributed by atoms with Gasteiger partial charge in [0, 0.05) is 19.8 Å². The Hall–Kier alpha value is -1.40. The third-order valence-electron chi connectivity index (χ3n) is 3.16. The van der Waals surface area contributed by atoms with E-state index in [1.807, 2.05) is 0 Å². The minimum absolute atomic E-state index is 0.125. The van der Waals surface area contributed by atoms with E-state index in [1.54, 1.807) is 0 Å². The van der Waals surface area contributed by atoms with Crippen LogP contribution in [0.15, 0.2) is 12.1 Å². The van der Waals surface area contributed by atoms with Crippen LogP contribution in [0.3, 0.4) is 0 Å². The molecule has 1 aromatic rings. The van der Waals surface area contributed by atoms with Crippen LogP contribution in [0.5, 0.6) is 0 Å². The summed E-state index contributed by atoms with van der Waals surface area (Å²) in [5, 5.41) is 13.7. The maximum absolute atomic E-state index is 13.2. The summed E-state index contributed by atoms with van der Waals surface area (Å²) in [7, 11) is 0. The number of anilines is 1. The normalized spacial score (nSPS) is 16.3. The lowest BCUT2D eigenvalue weighted by Gasteiger charge is -2.22. The quantitative estimate of drug-likeness (QED) is 0.682. The van der Waals surface area contributed by atoms with Crippen molar-refractivity contribution in [3.8, 4) is 0 Å². The van der Waals surface area contributed by atoms with Crippen molar-refractivity contribution in [1.29, 1.82) is 0 Å². The van der Waals surface area contributed by atoms with E-state index in [9.17, 15) is 14.5 Å². The summed E-state index contributed by atoms with van der Waals surface area (Å²) < 4.78 is 18.5. The van der Waals surface area contributed by atoms with E-state index >= 15 is 0 Å². The second kappa shape index (κ2) is 6.16. The lowest BCUT2D eigenvalue weighted by molar-refractivity contribution is -0.384. The summed E-state index contributed by atoms with van der Waals surface area (Å²) in [5.41, 5.74) is -0.0446. The zero-order chi connectivity index (χ0) is 13.8. The second-order valence-corrected chi connectivity index (χ2v) is 4.88. The van der Waals surface area contributed by atoms with Gasteiger partial charge in [0.25, 0.3) is 5.69 Å². The summed E-state index contributed by atoms with van der Waals surface area (Å²) in [6, 6.07) is 2.10. The molecule has 0 radical (unpaired) electrons. The van der Waals surface area contributed by atoms with Gasteiger partial charge in [-0.1, -0.05) is 11.6 Å². The molecule has 5 nitrogen and oxygen atoms in total. The predicted molar refractivity (Wildman–Crippen MR) is 70.1 cm³/mol. The van der Waals surface area contributed by atoms with Gasteiger partial charge in [-0.25, -0.2) is 4.39 Å². The number of nitro groups is 1. The molecule has 0 unspecified atom stereocenters. The van der Waals surface area contributed by atoms with Gasteiger partial charge < -0.3 is 10.1 Å². The average molecular weight is 289 g/mol. The van der Waals surface area contributed by atoms with Gasteiger partial charge >= 0.3 is 0 Å². The Morgan fingerprint density at radius 3 is 2.79 bits per heavy atom. The van der Waals surface area contributed by atoms with Crippen LogP contribution >= 0.6 is 11.6 Å². The Morgan fingerprint density at radius 1 is 1.47 bits per heavy atom. The van der Waals surface area contributed by atoms with Gasteiger partial charge in [0.05, 0.1) is 16.0 Å². The molecule has 1 fully saturated rings. The molecule has 7 heteroatoms. The zero-order valence-electron chi connectivity index (χ0n) is 10.2. The summed E-state index contributed by atoms with van der Waals surface area (Å²) in [6.07, 6.45) is 1.82. The molecule has 1 heterocycles. The van der Waals surface area contributed by atoms with E-state index < -0.39 is 10.7 Å². The van der Waals surface area contributed by atoms with Crippen LogP contribution in [0.2, 0.25) is 5.02 Å². The molecule has 0 bridgehead atoms. The fourth-order valence-electron chi connectivity index (χ4n) is 2.03. The number of ether oxygens (including phenoxy) is 1. The zero-order valence-corrected chi connectivity index (χ0v) is 11.0. The SMILES string of the molecule is O=[N+]([O-])c1cc(F)c(Cl)cc1NCC1CCOCC1. The predicted octanol–water partition coefficient (Wildman–Crippen LogP) is 3.23. The van der Waals surface area contributed by atoms with Crippen molar-refractivity contribution < 1.29 is 14.1 Å². The van der Waals surface area contributed by atoms with Gasteiger partial charge in [0.1, 0.15) is 11.5 Å². The second-order valence-electron chi connectivity index (χ2n) is 4.48. The number of nitro benzene ring substituents is 1. The van der Waals surface area contributed by atoms with Crippen LogP contribution in [-0.2, 0) is 4.74 Å². The Kier molecular flexibility index (Phi) is 4.55. The monoisotopic (exact) mass is 288 g/mol. The third-order valence-corrected chi connectivity index (χ3v) is 3.45. The van der Waals surface area contributed by atoms with Crippen LogP contribution in [0, 0.1) is 21.8 Å². The van der Waals surface area contributed by atoms with E-state index in [4.69, 9.17) is 16.3 Å². The highest BCUT2D eigenvalue weighted by atomic mass is 35.5. The van der Waals surface area contributed by atoms with E-state index in [0.717, 1.165) is 18.9 Å². The minimum Gasteiger partial charge on any atom is -0.381 e. The van der Waals surface area contributed by atoms with Crippen LogP contribution < -0.4 is 5.32 Å². The van der Waals surface area contributed by atoms with Crippen molar-refractivity contribution in [2.75, 3.05) is 25.1 Å². The van der Waals surface area contributed by atoms with E-state index in [0.29, 0.717) is 25.7 Å². The Morgan fingerprint density at radius 2 is 2.16 bits per heavy atom. The van der Waals surface area contributed by atoms with Crippen molar-refractivity contribution in [3.05, 3.63) is 33.1 Å². The molecule has 1 saturated heterocycles. The number of hydrogen-bond acceptors (Lipinski definition) is 4. The molecule has 104 valence electrons. The highest BCUT2D eigenvalue weighted by Crippen LogP contribution is 2.30. The van der Waals surface area contributed by atoms with Crippen molar-refractivity contribution in [2.24, 2.45) is 5.92 Å². The molecule has 1 aromatic carbocycles. The van der Waals surface area contributed by atoms with Crippen molar-refractivity contribution in [3.63, 3.8) is 0 Å². The fourth-order valence-corrected chi connectivity index (χ4v) is 2.20. The van der Waals surface area contributed by atoms with Gasteiger partial charge in [-0.05, 0) is 24.8 Å². The fraction of sp³-hybridized carbons (Fsp3) is 0.500. The lowest BCUT2D eigenvalue weighted by Crippen LogP contribution is -2.22. The summed E-state index contributed by atoms with van der Waals surface area (Å²) in [6.45, 7) is 2.00. The van der Waals surface area contributed by atoms with Crippen LogP contribution in [0.1, 0.15) is 12.8 Å². The first-order valence-electron chi connectivity index (χ1n) is 6.03. The topological polar surface area (TPSA) is 64.4 Å². The number of nitrogens with zero attached hydrogens (tertiary/aromatic N) is 1. The molecular weight excluding hydrogens is 275 g/mol. The van der Waals surface area contributed by atoms with Gasteiger partial charge in [-0.2, -0.15) is 0 Å². The first kappa shape index (κ1) is 14.0. The standard InChI is InChI=1S/C12H14ClFN2O3/c13-9-5-11(12(16(17)18)6-10(9)14)15-7-8-1-3-19-4-2-8/h5-6,8,15H,1-4,7H2. The van der Waals surface area contributed by atoms with Gasteiger partial charge in [-0.15, -0.1) is 0 Å². The van der Waals surface area contributed by atoms with Crippen molar-refractivity contribution in [2.45, 2.75) is 12.8 Å². The largest absolute Gasteiger partial charge is 0.381 e. The molecule has 1 aliphatic rings. The Balaban J connectivity index is 2.09. The van der Waals surface area contributed by atoms with Crippen LogP contribution in [-0.4, -0.2) is 24.7 Å². The number of rotatable bonds is 4. The van der Waals surface area contributed by atoms with Gasteiger partial charge in [0.15, 0.2) is 0 Å². The first-order chi connectivity index (χ1) is 9.08. The summed E-state index contributed by atoms with van der Waals surface area (Å²) in [4.78, 5) is 10.3. The van der Waals surface area contributed by atoms with Crippen molar-refractivity contribution in [1.82, 2.24) is 0 Å². The smallest absolute Gasteiger partial charge is 0.295 e. The molecule has 0 aliphatic carbocycles. The summed E-state index contributed by atoms with van der Waals surface area (Å²) >= 11 is 5.65. The highest BCUT2D eigenvalue weighted by Gasteiger charge is 2.19. The third kappa shape index (κ3) is 3.54. The van der Waals surface area contributed by atoms with Gasteiger partial charge in [0.2, 0.25) is 0 Å². The maximum atomic E-state index is 13.2. The molecule has 19 heavy (non-hydrogen) atoms. The molecule has 0 atom stereocenters. The number of benzene rings is 1. The van der Waals surface area contributed by atoms with E-state index in [-0.39, 0.29) is 16.4 Å². The molecule has 1 aliphatic heterocycles. The van der Waals surface area contributed by atoms with Gasteiger partial charge in [-0.3, -0.25) is 10.1 Å². The van der Waals surface area contributed by atoms with Crippen LogP contribution in [0.25, 0.3) is 0 Å². The molecule has 2 rings (SSSR count). The van der Waals surface area contributed by atoms with Crippen molar-refractivity contribution >= 4 is 23.0 Å². The molecule has 0 spiro atoms. The lowest BCUT2D eigenvalue weighted by atomic mass is 10.0. The van der Waals surface area contributed by atoms with E-state index in [1.165, 1.54) is 6.07 Å². The molecule has 0 amide bonds. The minimum atomic E-state index is -0.787. The van der Waals surface area contributed by atoms with E-state index in [2.05, 4.69) is 5.32 Å². The average Bonchev–Trinajstić information content (AvgIpc) is 2.40. The Bertz CT molecular complexity index is 478.